The van der Waals surface area contributed by atoms with Gasteiger partial charge in [0.25, 0.3) is 0 Å². The average molecular weight is 243 g/mol. The molecule has 0 fully saturated rings. The zero-order valence-corrected chi connectivity index (χ0v) is 12.0. The van der Waals surface area contributed by atoms with Crippen LogP contribution < -0.4 is 10.6 Å². The van der Waals surface area contributed by atoms with E-state index in [0.29, 0.717) is 6.04 Å². The molecule has 0 radical (unpaired) electrons. The van der Waals surface area contributed by atoms with Crippen molar-refractivity contribution < 1.29 is 4.79 Å². The van der Waals surface area contributed by atoms with Gasteiger partial charge in [0.1, 0.15) is 0 Å². The van der Waals surface area contributed by atoms with Gasteiger partial charge in [-0.05, 0) is 33.7 Å². The van der Waals surface area contributed by atoms with Gasteiger partial charge in [-0.25, -0.2) is 0 Å². The van der Waals surface area contributed by atoms with E-state index in [2.05, 4.69) is 43.4 Å². The summed E-state index contributed by atoms with van der Waals surface area (Å²) in [5, 5.41) is 6.14. The fourth-order valence-corrected chi connectivity index (χ4v) is 1.48. The first-order chi connectivity index (χ1) is 8.02. The van der Waals surface area contributed by atoms with E-state index in [1.165, 1.54) is 0 Å². The molecule has 2 unspecified atom stereocenters. The summed E-state index contributed by atoms with van der Waals surface area (Å²) in [6, 6.07) is 0.493. The number of rotatable bonds is 9. The molecule has 2 N–H and O–H groups in total. The van der Waals surface area contributed by atoms with Crippen molar-refractivity contribution in [1.82, 2.24) is 15.5 Å². The van der Waals surface area contributed by atoms with Gasteiger partial charge >= 0.3 is 0 Å². The fourth-order valence-electron chi connectivity index (χ4n) is 1.48. The van der Waals surface area contributed by atoms with Crippen molar-refractivity contribution in [1.29, 1.82) is 0 Å². The molecule has 0 heterocycles. The van der Waals surface area contributed by atoms with Crippen LogP contribution in [0.2, 0.25) is 0 Å². The Bertz CT molecular complexity index is 209. The van der Waals surface area contributed by atoms with E-state index in [9.17, 15) is 4.79 Å². The van der Waals surface area contributed by atoms with Gasteiger partial charge in [-0.2, -0.15) is 0 Å². The molecule has 0 aliphatic heterocycles. The zero-order chi connectivity index (χ0) is 13.3. The van der Waals surface area contributed by atoms with E-state index in [1.807, 2.05) is 6.92 Å². The minimum Gasteiger partial charge on any atom is -0.355 e. The molecule has 4 heteroatoms. The summed E-state index contributed by atoms with van der Waals surface area (Å²) in [6.07, 6.45) is 2.14. The molecule has 0 saturated heterocycles. The van der Waals surface area contributed by atoms with Gasteiger partial charge in [0.2, 0.25) is 5.91 Å². The SMILES string of the molecule is CCCNC(=O)C(C)NCCN(C)C(C)CC. The molecule has 2 atom stereocenters. The van der Waals surface area contributed by atoms with Gasteiger partial charge in [0.05, 0.1) is 6.04 Å². The molecule has 0 aromatic heterocycles. The van der Waals surface area contributed by atoms with Crippen LogP contribution in [0.4, 0.5) is 0 Å². The number of nitrogens with one attached hydrogen (secondary N) is 2. The number of carbonyl (C=O) groups excluding carboxylic acids is 1. The highest BCUT2D eigenvalue weighted by Gasteiger charge is 2.11. The predicted molar refractivity (Wildman–Crippen MR) is 73.1 cm³/mol. The average Bonchev–Trinajstić information content (AvgIpc) is 2.34. The lowest BCUT2D eigenvalue weighted by Gasteiger charge is -2.24. The minimum atomic E-state index is -0.105. The number of carbonyl (C=O) groups is 1. The van der Waals surface area contributed by atoms with Gasteiger partial charge in [-0.1, -0.05) is 13.8 Å². The van der Waals surface area contributed by atoms with E-state index >= 15 is 0 Å². The molecular formula is C13H29N3O. The Kier molecular flexibility index (Phi) is 9.09. The third-order valence-corrected chi connectivity index (χ3v) is 3.20. The molecule has 0 spiro atoms. The molecule has 1 amide bonds. The zero-order valence-electron chi connectivity index (χ0n) is 12.0. The third kappa shape index (κ3) is 7.34. The van der Waals surface area contributed by atoms with Crippen LogP contribution in [-0.4, -0.2) is 49.6 Å². The quantitative estimate of drug-likeness (QED) is 0.640. The summed E-state index contributed by atoms with van der Waals surface area (Å²) in [5.74, 6) is 0.0954. The van der Waals surface area contributed by atoms with Crippen LogP contribution in [0.1, 0.15) is 40.5 Å². The van der Waals surface area contributed by atoms with Crippen molar-refractivity contribution in [3.05, 3.63) is 0 Å². The van der Waals surface area contributed by atoms with Crippen molar-refractivity contribution in [2.45, 2.75) is 52.6 Å². The van der Waals surface area contributed by atoms with Crippen LogP contribution in [0.5, 0.6) is 0 Å². The van der Waals surface area contributed by atoms with E-state index < -0.39 is 0 Å². The fraction of sp³-hybridized carbons (Fsp3) is 0.923. The van der Waals surface area contributed by atoms with Crippen molar-refractivity contribution in [3.63, 3.8) is 0 Å². The first-order valence-corrected chi connectivity index (χ1v) is 6.74. The molecule has 0 rings (SSSR count). The van der Waals surface area contributed by atoms with Gasteiger partial charge < -0.3 is 15.5 Å². The summed E-state index contributed by atoms with van der Waals surface area (Å²) < 4.78 is 0. The number of amides is 1. The molecular weight excluding hydrogens is 214 g/mol. The topological polar surface area (TPSA) is 44.4 Å². The first-order valence-electron chi connectivity index (χ1n) is 6.74. The number of hydrogen-bond donors (Lipinski definition) is 2. The van der Waals surface area contributed by atoms with E-state index in [1.54, 1.807) is 0 Å². The lowest BCUT2D eigenvalue weighted by atomic mass is 10.2. The van der Waals surface area contributed by atoms with Crippen LogP contribution >= 0.6 is 0 Å². The normalized spacial score (nSPS) is 14.7. The van der Waals surface area contributed by atoms with Gasteiger partial charge in [0.15, 0.2) is 0 Å². The Morgan fingerprint density at radius 3 is 2.41 bits per heavy atom. The molecule has 17 heavy (non-hydrogen) atoms. The van der Waals surface area contributed by atoms with Crippen molar-refractivity contribution >= 4 is 5.91 Å². The molecule has 102 valence electrons. The van der Waals surface area contributed by atoms with E-state index in [0.717, 1.165) is 32.5 Å². The van der Waals surface area contributed by atoms with Crippen LogP contribution in [-0.2, 0) is 4.79 Å². The molecule has 0 aromatic carbocycles. The Balaban J connectivity index is 3.69. The highest BCUT2D eigenvalue weighted by Crippen LogP contribution is 1.98. The molecule has 4 nitrogen and oxygen atoms in total. The van der Waals surface area contributed by atoms with Gasteiger partial charge in [0, 0.05) is 25.7 Å². The highest BCUT2D eigenvalue weighted by atomic mass is 16.2. The molecule has 0 aromatic rings. The van der Waals surface area contributed by atoms with E-state index in [4.69, 9.17) is 0 Å². The smallest absolute Gasteiger partial charge is 0.236 e. The summed E-state index contributed by atoms with van der Waals surface area (Å²) in [4.78, 5) is 13.9. The Morgan fingerprint density at radius 1 is 1.24 bits per heavy atom. The van der Waals surface area contributed by atoms with Crippen LogP contribution in [0.15, 0.2) is 0 Å². The first kappa shape index (κ1) is 16.4. The van der Waals surface area contributed by atoms with Crippen LogP contribution in [0.3, 0.4) is 0 Å². The summed E-state index contributed by atoms with van der Waals surface area (Å²) >= 11 is 0. The summed E-state index contributed by atoms with van der Waals surface area (Å²) in [7, 11) is 2.12. The maximum Gasteiger partial charge on any atom is 0.236 e. The summed E-state index contributed by atoms with van der Waals surface area (Å²) in [5.41, 5.74) is 0. The van der Waals surface area contributed by atoms with Crippen LogP contribution in [0, 0.1) is 0 Å². The second-order valence-corrected chi connectivity index (χ2v) is 4.70. The molecule has 0 aliphatic carbocycles. The monoisotopic (exact) mass is 243 g/mol. The van der Waals surface area contributed by atoms with Crippen molar-refractivity contribution in [3.8, 4) is 0 Å². The standard InChI is InChI=1S/C13H29N3O/c1-6-8-15-13(17)12(4)14-9-10-16(5)11(3)7-2/h11-12,14H,6-10H2,1-5H3,(H,15,17). The van der Waals surface area contributed by atoms with Gasteiger partial charge in [-0.15, -0.1) is 0 Å². The largest absolute Gasteiger partial charge is 0.355 e. The minimum absolute atomic E-state index is 0.0954. The van der Waals surface area contributed by atoms with Crippen molar-refractivity contribution in [2.24, 2.45) is 0 Å². The second kappa shape index (κ2) is 9.42. The third-order valence-electron chi connectivity index (χ3n) is 3.20. The Hall–Kier alpha value is -0.610. The molecule has 0 saturated carbocycles. The number of nitrogens with zero attached hydrogens (tertiary/aromatic N) is 1. The summed E-state index contributed by atoms with van der Waals surface area (Å²) in [6.45, 7) is 11.0. The lowest BCUT2D eigenvalue weighted by molar-refractivity contribution is -0.122. The number of likely N-dealkylation sites (N-methyl/N-ethyl adjacent to an activating group) is 1. The van der Waals surface area contributed by atoms with E-state index in [-0.39, 0.29) is 11.9 Å². The Labute approximate surface area is 106 Å². The number of hydrogen-bond acceptors (Lipinski definition) is 3. The maximum atomic E-state index is 11.6. The molecule has 0 aliphatic rings. The van der Waals surface area contributed by atoms with Crippen LogP contribution in [0.25, 0.3) is 0 Å². The van der Waals surface area contributed by atoms with Gasteiger partial charge in [-0.3, -0.25) is 4.79 Å². The predicted octanol–water partition coefficient (Wildman–Crippen LogP) is 1.22. The Morgan fingerprint density at radius 2 is 1.88 bits per heavy atom. The lowest BCUT2D eigenvalue weighted by Crippen LogP contribution is -2.45. The van der Waals surface area contributed by atoms with Crippen molar-refractivity contribution in [2.75, 3.05) is 26.7 Å². The molecule has 0 bridgehead atoms. The highest BCUT2D eigenvalue weighted by molar-refractivity contribution is 5.81. The maximum absolute atomic E-state index is 11.6. The second-order valence-electron chi connectivity index (χ2n) is 4.70.